The summed E-state index contributed by atoms with van der Waals surface area (Å²) in [6.07, 6.45) is 2.88. The first-order valence-corrected chi connectivity index (χ1v) is 10.3. The van der Waals surface area contributed by atoms with E-state index in [1.807, 2.05) is 19.1 Å². The number of piperidine rings is 1. The molecule has 1 aliphatic rings. The number of aryl methyl sites for hydroxylation is 1. The van der Waals surface area contributed by atoms with Gasteiger partial charge in [0.2, 0.25) is 11.8 Å². The van der Waals surface area contributed by atoms with Gasteiger partial charge < -0.3 is 15.5 Å². The first-order valence-electron chi connectivity index (χ1n) is 9.47. The quantitative estimate of drug-likeness (QED) is 0.720. The molecule has 1 aromatic carbocycles. The number of pyridine rings is 1. The van der Waals surface area contributed by atoms with Crippen molar-refractivity contribution in [1.82, 2.24) is 15.2 Å². The Morgan fingerprint density at radius 2 is 1.93 bits per heavy atom. The highest BCUT2D eigenvalue weighted by Crippen LogP contribution is 2.19. The lowest BCUT2D eigenvalue weighted by Gasteiger charge is -2.31. The molecule has 0 aliphatic carbocycles. The molecule has 2 heterocycles. The molecule has 7 nitrogen and oxygen atoms in total. The van der Waals surface area contributed by atoms with E-state index in [0.717, 1.165) is 10.0 Å². The van der Waals surface area contributed by atoms with E-state index < -0.39 is 0 Å². The summed E-state index contributed by atoms with van der Waals surface area (Å²) in [5.74, 6) is -0.129. The van der Waals surface area contributed by atoms with E-state index in [2.05, 4.69) is 31.5 Å². The number of anilines is 1. The van der Waals surface area contributed by atoms with Crippen LogP contribution in [0.15, 0.2) is 47.1 Å². The zero-order valence-electron chi connectivity index (χ0n) is 16.2. The number of halogens is 1. The van der Waals surface area contributed by atoms with Gasteiger partial charge >= 0.3 is 0 Å². The summed E-state index contributed by atoms with van der Waals surface area (Å²) < 4.78 is 0.803. The van der Waals surface area contributed by atoms with Crippen LogP contribution in [0.25, 0.3) is 0 Å². The van der Waals surface area contributed by atoms with Gasteiger partial charge in [0.25, 0.3) is 5.91 Å². The lowest BCUT2D eigenvalue weighted by molar-refractivity contribution is -0.133. The van der Waals surface area contributed by atoms with Crippen molar-refractivity contribution in [3.63, 3.8) is 0 Å². The van der Waals surface area contributed by atoms with Crippen LogP contribution in [-0.2, 0) is 9.59 Å². The van der Waals surface area contributed by atoms with Gasteiger partial charge in [-0.25, -0.2) is 4.98 Å². The molecule has 0 unspecified atom stereocenters. The summed E-state index contributed by atoms with van der Waals surface area (Å²) in [6.45, 7) is 2.86. The van der Waals surface area contributed by atoms with Crippen LogP contribution >= 0.6 is 15.9 Å². The number of aromatic nitrogens is 1. The van der Waals surface area contributed by atoms with E-state index in [9.17, 15) is 14.4 Å². The van der Waals surface area contributed by atoms with Crippen LogP contribution < -0.4 is 10.6 Å². The molecule has 3 rings (SSSR count). The Bertz CT molecular complexity index is 893. The highest BCUT2D eigenvalue weighted by atomic mass is 79.9. The number of likely N-dealkylation sites (tertiary alicyclic amines) is 1. The number of nitrogens with zero attached hydrogens (tertiary/aromatic N) is 2. The van der Waals surface area contributed by atoms with Crippen LogP contribution in [0.2, 0.25) is 0 Å². The highest BCUT2D eigenvalue weighted by Gasteiger charge is 2.27. The average molecular weight is 459 g/mol. The fraction of sp³-hybridized carbons (Fsp3) is 0.333. The second-order valence-corrected chi connectivity index (χ2v) is 7.97. The molecule has 1 aromatic heterocycles. The van der Waals surface area contributed by atoms with E-state index >= 15 is 0 Å². The Morgan fingerprint density at radius 3 is 2.59 bits per heavy atom. The molecule has 29 heavy (non-hydrogen) atoms. The molecule has 152 valence electrons. The van der Waals surface area contributed by atoms with Crippen molar-refractivity contribution in [2.24, 2.45) is 5.92 Å². The van der Waals surface area contributed by atoms with Crippen molar-refractivity contribution in [1.29, 1.82) is 0 Å². The van der Waals surface area contributed by atoms with Crippen molar-refractivity contribution in [3.05, 3.63) is 58.2 Å². The fourth-order valence-electron chi connectivity index (χ4n) is 3.16. The van der Waals surface area contributed by atoms with Crippen LogP contribution in [0.3, 0.4) is 0 Å². The first kappa shape index (κ1) is 21.0. The first-order chi connectivity index (χ1) is 13.9. The smallest absolute Gasteiger partial charge is 0.251 e. The largest absolute Gasteiger partial charge is 0.343 e. The van der Waals surface area contributed by atoms with E-state index in [-0.39, 0.29) is 30.2 Å². The Balaban J connectivity index is 1.43. The van der Waals surface area contributed by atoms with Gasteiger partial charge in [-0.3, -0.25) is 14.4 Å². The third kappa shape index (κ3) is 5.87. The second kappa shape index (κ2) is 9.65. The SMILES string of the molecule is Cc1ccc(NC(=O)C2CCN(C(=O)CNC(=O)c3cccc(Br)c3)CC2)nc1. The van der Waals surface area contributed by atoms with Gasteiger partial charge in [0.05, 0.1) is 6.54 Å². The summed E-state index contributed by atoms with van der Waals surface area (Å²) in [7, 11) is 0. The van der Waals surface area contributed by atoms with Crippen molar-refractivity contribution < 1.29 is 14.4 Å². The van der Waals surface area contributed by atoms with E-state index in [0.29, 0.717) is 37.3 Å². The molecule has 0 bridgehead atoms. The predicted molar refractivity (Wildman–Crippen MR) is 113 cm³/mol. The molecule has 1 fully saturated rings. The maximum absolute atomic E-state index is 12.4. The average Bonchev–Trinajstić information content (AvgIpc) is 2.73. The Hall–Kier alpha value is -2.74. The van der Waals surface area contributed by atoms with Crippen LogP contribution in [-0.4, -0.2) is 47.2 Å². The van der Waals surface area contributed by atoms with Gasteiger partial charge in [-0.1, -0.05) is 28.1 Å². The zero-order valence-corrected chi connectivity index (χ0v) is 17.7. The third-order valence-electron chi connectivity index (χ3n) is 4.87. The number of benzene rings is 1. The normalized spacial score (nSPS) is 14.3. The number of nitrogens with one attached hydrogen (secondary N) is 2. The summed E-state index contributed by atoms with van der Waals surface area (Å²) in [5.41, 5.74) is 1.52. The number of hydrogen-bond donors (Lipinski definition) is 2. The van der Waals surface area contributed by atoms with E-state index in [4.69, 9.17) is 0 Å². The molecular formula is C21H23BrN4O3. The number of carbonyl (C=O) groups is 3. The summed E-state index contributed by atoms with van der Waals surface area (Å²) in [5, 5.41) is 5.49. The molecule has 2 N–H and O–H groups in total. The minimum Gasteiger partial charge on any atom is -0.343 e. The molecule has 2 aromatic rings. The summed E-state index contributed by atoms with van der Waals surface area (Å²) in [4.78, 5) is 42.8. The molecule has 1 aliphatic heterocycles. The van der Waals surface area contributed by atoms with Crippen LogP contribution in [0, 0.1) is 12.8 Å². The number of amides is 3. The topological polar surface area (TPSA) is 91.4 Å². The van der Waals surface area contributed by atoms with Gasteiger partial charge in [0, 0.05) is 35.2 Å². The molecule has 8 heteroatoms. The monoisotopic (exact) mass is 458 g/mol. The maximum Gasteiger partial charge on any atom is 0.251 e. The number of rotatable bonds is 5. The number of carbonyl (C=O) groups excluding carboxylic acids is 3. The second-order valence-electron chi connectivity index (χ2n) is 7.06. The van der Waals surface area contributed by atoms with Gasteiger partial charge in [-0.05, 0) is 49.6 Å². The molecule has 0 spiro atoms. The minimum absolute atomic E-state index is 0.0600. The van der Waals surface area contributed by atoms with Crippen LogP contribution in [0.1, 0.15) is 28.8 Å². The molecule has 0 atom stereocenters. The van der Waals surface area contributed by atoms with Crippen LogP contribution in [0.5, 0.6) is 0 Å². The maximum atomic E-state index is 12.4. The lowest BCUT2D eigenvalue weighted by atomic mass is 9.96. The van der Waals surface area contributed by atoms with Crippen molar-refractivity contribution in [3.8, 4) is 0 Å². The zero-order chi connectivity index (χ0) is 20.8. The summed E-state index contributed by atoms with van der Waals surface area (Å²) in [6, 6.07) is 10.7. The van der Waals surface area contributed by atoms with Gasteiger partial charge in [-0.2, -0.15) is 0 Å². The van der Waals surface area contributed by atoms with Crippen molar-refractivity contribution in [2.75, 3.05) is 25.0 Å². The fourth-order valence-corrected chi connectivity index (χ4v) is 3.56. The summed E-state index contributed by atoms with van der Waals surface area (Å²) >= 11 is 3.32. The Labute approximate surface area is 178 Å². The molecule has 0 radical (unpaired) electrons. The lowest BCUT2D eigenvalue weighted by Crippen LogP contribution is -2.45. The van der Waals surface area contributed by atoms with Gasteiger partial charge in [0.1, 0.15) is 5.82 Å². The van der Waals surface area contributed by atoms with E-state index in [1.54, 1.807) is 35.4 Å². The van der Waals surface area contributed by atoms with Gasteiger partial charge in [-0.15, -0.1) is 0 Å². The van der Waals surface area contributed by atoms with Crippen molar-refractivity contribution in [2.45, 2.75) is 19.8 Å². The Morgan fingerprint density at radius 1 is 1.17 bits per heavy atom. The molecule has 0 saturated carbocycles. The Kier molecular flexibility index (Phi) is 6.98. The van der Waals surface area contributed by atoms with Crippen LogP contribution in [0.4, 0.5) is 5.82 Å². The van der Waals surface area contributed by atoms with Crippen molar-refractivity contribution >= 4 is 39.5 Å². The molecular weight excluding hydrogens is 436 g/mol. The standard InChI is InChI=1S/C21H23BrN4O3/c1-14-5-6-18(23-12-14)25-21(29)15-7-9-26(10-8-15)19(27)13-24-20(28)16-3-2-4-17(22)11-16/h2-6,11-12,15H,7-10,13H2,1H3,(H,24,28)(H,23,25,29). The molecule has 1 saturated heterocycles. The van der Waals surface area contributed by atoms with E-state index in [1.165, 1.54) is 0 Å². The minimum atomic E-state index is -0.292. The predicted octanol–water partition coefficient (Wildman–Crippen LogP) is 2.76. The van der Waals surface area contributed by atoms with Gasteiger partial charge in [0.15, 0.2) is 0 Å². The number of hydrogen-bond acceptors (Lipinski definition) is 4. The highest BCUT2D eigenvalue weighted by molar-refractivity contribution is 9.10. The molecule has 3 amide bonds. The third-order valence-corrected chi connectivity index (χ3v) is 5.36.